The largest absolute Gasteiger partial charge is 0.475 e. The van der Waals surface area contributed by atoms with Crippen LogP contribution in [0.5, 0.6) is 5.88 Å². The van der Waals surface area contributed by atoms with E-state index in [0.29, 0.717) is 31.1 Å². The van der Waals surface area contributed by atoms with E-state index in [0.717, 1.165) is 12.2 Å². The van der Waals surface area contributed by atoms with Crippen molar-refractivity contribution in [3.05, 3.63) is 23.4 Å². The van der Waals surface area contributed by atoms with Crippen molar-refractivity contribution in [2.45, 2.75) is 66.2 Å². The predicted molar refractivity (Wildman–Crippen MR) is 86.9 cm³/mol. The molecule has 1 N–H and O–H groups in total. The minimum Gasteiger partial charge on any atom is -0.475 e. The summed E-state index contributed by atoms with van der Waals surface area (Å²) in [6.45, 7) is 14.6. The smallest absolute Gasteiger partial charge is 0.213 e. The Kier molecular flexibility index (Phi) is 7.68. The molecule has 0 fully saturated rings. The Bertz CT molecular complexity index is 417. The van der Waals surface area contributed by atoms with E-state index >= 15 is 0 Å². The van der Waals surface area contributed by atoms with Gasteiger partial charge in [-0.25, -0.2) is 4.98 Å². The molecule has 0 radical (unpaired) electrons. The van der Waals surface area contributed by atoms with Crippen LogP contribution in [0.2, 0.25) is 0 Å². The summed E-state index contributed by atoms with van der Waals surface area (Å²) in [5.41, 5.74) is 2.28. The molecule has 0 aliphatic rings. The van der Waals surface area contributed by atoms with Gasteiger partial charge in [0.25, 0.3) is 0 Å². The van der Waals surface area contributed by atoms with Crippen LogP contribution in [0, 0.1) is 0 Å². The van der Waals surface area contributed by atoms with Crippen LogP contribution in [0.15, 0.2) is 12.1 Å². The summed E-state index contributed by atoms with van der Waals surface area (Å²) in [7, 11) is 0. The molecule has 0 saturated heterocycles. The lowest BCUT2D eigenvalue weighted by atomic mass is 10.1. The molecule has 1 rings (SSSR count). The van der Waals surface area contributed by atoms with Crippen molar-refractivity contribution < 1.29 is 9.47 Å². The van der Waals surface area contributed by atoms with Crippen molar-refractivity contribution in [1.29, 1.82) is 0 Å². The zero-order valence-electron chi connectivity index (χ0n) is 14.3. The van der Waals surface area contributed by atoms with Gasteiger partial charge < -0.3 is 14.8 Å². The SMILES string of the molecule is CC(C)NCc1cc(OCCOC(C)C)nc(C(C)C)c1. The van der Waals surface area contributed by atoms with Gasteiger partial charge in [0.15, 0.2) is 0 Å². The van der Waals surface area contributed by atoms with E-state index in [2.05, 4.69) is 44.1 Å². The van der Waals surface area contributed by atoms with Crippen molar-refractivity contribution in [1.82, 2.24) is 10.3 Å². The predicted octanol–water partition coefficient (Wildman–Crippen LogP) is 3.51. The number of aromatic nitrogens is 1. The van der Waals surface area contributed by atoms with Crippen LogP contribution in [0.1, 0.15) is 58.7 Å². The molecule has 0 spiro atoms. The molecule has 0 atom stereocenters. The fourth-order valence-corrected chi connectivity index (χ4v) is 1.81. The Labute approximate surface area is 129 Å². The molecule has 4 heteroatoms. The van der Waals surface area contributed by atoms with Gasteiger partial charge in [-0.1, -0.05) is 27.7 Å². The number of nitrogens with zero attached hydrogens (tertiary/aromatic N) is 1. The Morgan fingerprint density at radius 2 is 1.76 bits per heavy atom. The highest BCUT2D eigenvalue weighted by Crippen LogP contribution is 2.19. The highest BCUT2D eigenvalue weighted by molar-refractivity contribution is 5.26. The summed E-state index contributed by atoms with van der Waals surface area (Å²) >= 11 is 0. The Balaban J connectivity index is 2.68. The van der Waals surface area contributed by atoms with Crippen LogP contribution in [0.25, 0.3) is 0 Å². The van der Waals surface area contributed by atoms with Crippen LogP contribution in [0.4, 0.5) is 0 Å². The van der Waals surface area contributed by atoms with Crippen molar-refractivity contribution >= 4 is 0 Å². The second-order valence-corrected chi connectivity index (χ2v) is 6.20. The third-order valence-electron chi connectivity index (χ3n) is 2.97. The molecular formula is C17H30N2O2. The van der Waals surface area contributed by atoms with Crippen LogP contribution >= 0.6 is 0 Å². The molecule has 1 aromatic heterocycles. The molecule has 4 nitrogen and oxygen atoms in total. The molecule has 0 aromatic carbocycles. The second kappa shape index (κ2) is 9.00. The van der Waals surface area contributed by atoms with Gasteiger partial charge in [-0.05, 0) is 31.4 Å². The van der Waals surface area contributed by atoms with Crippen molar-refractivity contribution in [2.24, 2.45) is 0 Å². The maximum atomic E-state index is 5.73. The van der Waals surface area contributed by atoms with Crippen LogP contribution < -0.4 is 10.1 Å². The lowest BCUT2D eigenvalue weighted by Crippen LogP contribution is -2.22. The van der Waals surface area contributed by atoms with Crippen LogP contribution in [0.3, 0.4) is 0 Å². The molecular weight excluding hydrogens is 264 g/mol. The van der Waals surface area contributed by atoms with Gasteiger partial charge >= 0.3 is 0 Å². The van der Waals surface area contributed by atoms with Crippen molar-refractivity contribution in [3.63, 3.8) is 0 Å². The maximum absolute atomic E-state index is 5.73. The number of rotatable bonds is 9. The first-order chi connectivity index (χ1) is 9.88. The van der Waals surface area contributed by atoms with Crippen LogP contribution in [-0.4, -0.2) is 30.3 Å². The van der Waals surface area contributed by atoms with Gasteiger partial charge in [-0.2, -0.15) is 0 Å². The van der Waals surface area contributed by atoms with E-state index in [4.69, 9.17) is 9.47 Å². The Hall–Kier alpha value is -1.13. The number of hydrogen-bond donors (Lipinski definition) is 1. The zero-order chi connectivity index (χ0) is 15.8. The number of hydrogen-bond acceptors (Lipinski definition) is 4. The number of ether oxygens (including phenoxy) is 2. The fraction of sp³-hybridized carbons (Fsp3) is 0.706. The van der Waals surface area contributed by atoms with E-state index in [-0.39, 0.29) is 6.10 Å². The lowest BCUT2D eigenvalue weighted by molar-refractivity contribution is 0.0542. The normalized spacial score (nSPS) is 11.7. The van der Waals surface area contributed by atoms with Gasteiger partial charge in [0, 0.05) is 24.3 Å². The molecule has 0 amide bonds. The molecule has 21 heavy (non-hydrogen) atoms. The molecule has 0 aliphatic heterocycles. The van der Waals surface area contributed by atoms with E-state index in [1.54, 1.807) is 0 Å². The van der Waals surface area contributed by atoms with Gasteiger partial charge in [0.05, 0.1) is 12.7 Å². The molecule has 0 bridgehead atoms. The standard InChI is InChI=1S/C17H30N2O2/c1-12(2)16-9-15(11-18-13(3)4)10-17(19-16)21-8-7-20-14(5)6/h9-10,12-14,18H,7-8,11H2,1-6H3. The zero-order valence-corrected chi connectivity index (χ0v) is 14.3. The van der Waals surface area contributed by atoms with Gasteiger partial charge in [-0.3, -0.25) is 0 Å². The monoisotopic (exact) mass is 294 g/mol. The highest BCUT2D eigenvalue weighted by Gasteiger charge is 2.08. The minimum absolute atomic E-state index is 0.231. The first-order valence-corrected chi connectivity index (χ1v) is 7.87. The number of nitrogens with one attached hydrogen (secondary N) is 1. The summed E-state index contributed by atoms with van der Waals surface area (Å²) in [4.78, 5) is 4.57. The van der Waals surface area contributed by atoms with Crippen LogP contribution in [-0.2, 0) is 11.3 Å². The Morgan fingerprint density at radius 3 is 2.33 bits per heavy atom. The molecule has 120 valence electrons. The summed E-state index contributed by atoms with van der Waals surface area (Å²) in [6.07, 6.45) is 0.231. The van der Waals surface area contributed by atoms with E-state index in [9.17, 15) is 0 Å². The summed E-state index contributed by atoms with van der Waals surface area (Å²) in [5, 5.41) is 3.43. The third kappa shape index (κ3) is 7.44. The van der Waals surface area contributed by atoms with Crippen molar-refractivity contribution in [2.75, 3.05) is 13.2 Å². The average molecular weight is 294 g/mol. The average Bonchev–Trinajstić information content (AvgIpc) is 2.41. The third-order valence-corrected chi connectivity index (χ3v) is 2.97. The van der Waals surface area contributed by atoms with E-state index in [1.807, 2.05) is 19.9 Å². The maximum Gasteiger partial charge on any atom is 0.213 e. The van der Waals surface area contributed by atoms with Gasteiger partial charge in [0.2, 0.25) is 5.88 Å². The van der Waals surface area contributed by atoms with Gasteiger partial charge in [0.1, 0.15) is 6.61 Å². The second-order valence-electron chi connectivity index (χ2n) is 6.20. The minimum atomic E-state index is 0.231. The molecule has 0 unspecified atom stereocenters. The molecule has 0 saturated carbocycles. The molecule has 0 aliphatic carbocycles. The quantitative estimate of drug-likeness (QED) is 0.708. The van der Waals surface area contributed by atoms with Gasteiger partial charge in [-0.15, -0.1) is 0 Å². The summed E-state index contributed by atoms with van der Waals surface area (Å²) < 4.78 is 11.2. The van der Waals surface area contributed by atoms with E-state index < -0.39 is 0 Å². The molecule has 1 heterocycles. The van der Waals surface area contributed by atoms with Crippen molar-refractivity contribution in [3.8, 4) is 5.88 Å². The Morgan fingerprint density at radius 1 is 1.05 bits per heavy atom. The highest BCUT2D eigenvalue weighted by atomic mass is 16.5. The summed E-state index contributed by atoms with van der Waals surface area (Å²) in [6, 6.07) is 4.62. The first-order valence-electron chi connectivity index (χ1n) is 7.87. The van der Waals surface area contributed by atoms with E-state index in [1.165, 1.54) is 5.56 Å². The summed E-state index contributed by atoms with van der Waals surface area (Å²) in [5.74, 6) is 1.08. The molecule has 1 aromatic rings. The topological polar surface area (TPSA) is 43.4 Å². The number of pyridine rings is 1. The fourth-order valence-electron chi connectivity index (χ4n) is 1.81. The first kappa shape index (κ1) is 17.9. The lowest BCUT2D eigenvalue weighted by Gasteiger charge is -2.14.